The second-order valence-corrected chi connectivity index (χ2v) is 5.75. The molecular weight excluding hydrogens is 276 g/mol. The number of rotatable bonds is 4. The molecule has 1 aliphatic carbocycles. The van der Waals surface area contributed by atoms with Gasteiger partial charge in [-0.05, 0) is 55.5 Å². The Balaban J connectivity index is 2.12. The molecular formula is C14H21BrN2. The van der Waals surface area contributed by atoms with Crippen molar-refractivity contribution in [2.75, 3.05) is 11.9 Å². The van der Waals surface area contributed by atoms with Crippen molar-refractivity contribution >= 4 is 21.6 Å². The molecule has 0 radical (unpaired) electrons. The Hall–Kier alpha value is -0.540. The predicted octanol–water partition coefficient (Wildman–Crippen LogP) is 3.55. The Bertz CT molecular complexity index is 378. The fraction of sp³-hybridized carbons (Fsp3) is 0.571. The van der Waals surface area contributed by atoms with E-state index in [1.807, 2.05) is 0 Å². The van der Waals surface area contributed by atoms with E-state index in [9.17, 15) is 0 Å². The van der Waals surface area contributed by atoms with Gasteiger partial charge in [-0.1, -0.05) is 29.3 Å². The Kier molecular flexibility index (Phi) is 4.46. The zero-order valence-corrected chi connectivity index (χ0v) is 12.0. The lowest BCUT2D eigenvalue weighted by molar-refractivity contribution is 0.516. The van der Waals surface area contributed by atoms with E-state index in [1.165, 1.54) is 30.5 Å². The Morgan fingerprint density at radius 3 is 2.94 bits per heavy atom. The highest BCUT2D eigenvalue weighted by molar-refractivity contribution is 9.10. The highest BCUT2D eigenvalue weighted by Gasteiger charge is 2.26. The third kappa shape index (κ3) is 3.02. The normalized spacial score (nSPS) is 23.9. The van der Waals surface area contributed by atoms with Crippen LogP contribution in [-0.2, 0) is 6.42 Å². The number of hydrogen-bond donors (Lipinski definition) is 2. The van der Waals surface area contributed by atoms with Crippen LogP contribution in [0.4, 0.5) is 5.69 Å². The first-order valence-electron chi connectivity index (χ1n) is 6.49. The van der Waals surface area contributed by atoms with Crippen LogP contribution >= 0.6 is 15.9 Å². The molecule has 2 unspecified atom stereocenters. The predicted molar refractivity (Wildman–Crippen MR) is 77.3 cm³/mol. The van der Waals surface area contributed by atoms with Crippen LogP contribution in [0.1, 0.15) is 31.7 Å². The molecule has 2 rings (SSSR count). The summed E-state index contributed by atoms with van der Waals surface area (Å²) in [5, 5.41) is 3.69. The lowest BCUT2D eigenvalue weighted by atomic mass is 10.0. The van der Waals surface area contributed by atoms with Crippen LogP contribution in [0.2, 0.25) is 0 Å². The van der Waals surface area contributed by atoms with Crippen LogP contribution in [0.5, 0.6) is 0 Å². The van der Waals surface area contributed by atoms with Crippen molar-refractivity contribution in [3.8, 4) is 0 Å². The van der Waals surface area contributed by atoms with E-state index in [0.717, 1.165) is 17.4 Å². The number of nitrogens with two attached hydrogens (primary N) is 1. The van der Waals surface area contributed by atoms with Crippen LogP contribution < -0.4 is 11.1 Å². The maximum Gasteiger partial charge on any atom is 0.0375 e. The summed E-state index contributed by atoms with van der Waals surface area (Å²) in [6.07, 6.45) is 4.88. The smallest absolute Gasteiger partial charge is 0.0375 e. The highest BCUT2D eigenvalue weighted by Crippen LogP contribution is 2.30. The van der Waals surface area contributed by atoms with Crippen molar-refractivity contribution < 1.29 is 0 Å². The minimum absolute atomic E-state index is 0.562. The van der Waals surface area contributed by atoms with Crippen molar-refractivity contribution in [1.82, 2.24) is 0 Å². The summed E-state index contributed by atoms with van der Waals surface area (Å²) in [7, 11) is 0. The number of halogens is 1. The fourth-order valence-corrected chi connectivity index (χ4v) is 3.11. The molecule has 0 amide bonds. The zero-order chi connectivity index (χ0) is 12.3. The molecule has 1 aromatic carbocycles. The van der Waals surface area contributed by atoms with Gasteiger partial charge in [-0.2, -0.15) is 0 Å². The molecule has 3 heteroatoms. The van der Waals surface area contributed by atoms with Crippen LogP contribution in [0.25, 0.3) is 0 Å². The van der Waals surface area contributed by atoms with Crippen molar-refractivity contribution in [2.24, 2.45) is 11.7 Å². The molecule has 0 spiro atoms. The molecule has 3 N–H and O–H groups in total. The van der Waals surface area contributed by atoms with Crippen LogP contribution in [0, 0.1) is 5.92 Å². The van der Waals surface area contributed by atoms with Gasteiger partial charge in [0.05, 0.1) is 0 Å². The molecule has 94 valence electrons. The molecule has 2 nitrogen and oxygen atoms in total. The second-order valence-electron chi connectivity index (χ2n) is 4.83. The van der Waals surface area contributed by atoms with Gasteiger partial charge in [0.1, 0.15) is 0 Å². The summed E-state index contributed by atoms with van der Waals surface area (Å²) >= 11 is 3.53. The van der Waals surface area contributed by atoms with Crippen LogP contribution in [0.3, 0.4) is 0 Å². The maximum atomic E-state index is 5.83. The summed E-state index contributed by atoms with van der Waals surface area (Å²) in [6.45, 7) is 3.00. The van der Waals surface area contributed by atoms with Crippen molar-refractivity contribution in [1.29, 1.82) is 0 Å². The average Bonchev–Trinajstić information content (AvgIpc) is 2.78. The molecule has 1 aliphatic rings. The standard InChI is InChI=1S/C14H21BrN2/c1-2-10-8-12(15)6-7-14(10)17-13-5-3-4-11(13)9-16/h6-8,11,13,17H,2-5,9,16H2,1H3. The van der Waals surface area contributed by atoms with E-state index in [0.29, 0.717) is 12.0 Å². The molecule has 0 aliphatic heterocycles. The van der Waals surface area contributed by atoms with E-state index in [4.69, 9.17) is 5.73 Å². The second kappa shape index (κ2) is 5.87. The van der Waals surface area contributed by atoms with Crippen LogP contribution in [-0.4, -0.2) is 12.6 Å². The zero-order valence-electron chi connectivity index (χ0n) is 10.4. The van der Waals surface area contributed by atoms with Crippen molar-refractivity contribution in [2.45, 2.75) is 38.6 Å². The van der Waals surface area contributed by atoms with Gasteiger partial charge in [0.25, 0.3) is 0 Å². The van der Waals surface area contributed by atoms with E-state index in [2.05, 4.69) is 46.4 Å². The lowest BCUT2D eigenvalue weighted by Crippen LogP contribution is -2.29. The number of nitrogens with one attached hydrogen (secondary N) is 1. The summed E-state index contributed by atoms with van der Waals surface area (Å²) < 4.78 is 1.15. The van der Waals surface area contributed by atoms with Gasteiger partial charge in [-0.25, -0.2) is 0 Å². The molecule has 0 aromatic heterocycles. The van der Waals surface area contributed by atoms with Gasteiger partial charge < -0.3 is 11.1 Å². The van der Waals surface area contributed by atoms with Gasteiger partial charge >= 0.3 is 0 Å². The van der Waals surface area contributed by atoms with Gasteiger partial charge in [-0.15, -0.1) is 0 Å². The molecule has 1 saturated carbocycles. The first-order chi connectivity index (χ1) is 8.24. The topological polar surface area (TPSA) is 38.0 Å². The summed E-state index contributed by atoms with van der Waals surface area (Å²) in [6, 6.07) is 7.05. The largest absolute Gasteiger partial charge is 0.382 e. The number of anilines is 1. The molecule has 1 aromatic rings. The summed E-state index contributed by atoms with van der Waals surface area (Å²) in [5.74, 6) is 0.642. The van der Waals surface area contributed by atoms with Gasteiger partial charge in [0.2, 0.25) is 0 Å². The molecule has 2 atom stereocenters. The minimum Gasteiger partial charge on any atom is -0.382 e. The first kappa shape index (κ1) is 12.9. The minimum atomic E-state index is 0.562. The first-order valence-corrected chi connectivity index (χ1v) is 7.29. The van der Waals surface area contributed by atoms with Crippen molar-refractivity contribution in [3.63, 3.8) is 0 Å². The van der Waals surface area contributed by atoms with E-state index in [-0.39, 0.29) is 0 Å². The molecule has 1 fully saturated rings. The summed E-state index contributed by atoms with van der Waals surface area (Å²) in [5.41, 5.74) is 8.48. The maximum absolute atomic E-state index is 5.83. The van der Waals surface area contributed by atoms with Crippen LogP contribution in [0.15, 0.2) is 22.7 Å². The summed E-state index contributed by atoms with van der Waals surface area (Å²) in [4.78, 5) is 0. The average molecular weight is 297 g/mol. The number of aryl methyl sites for hydroxylation is 1. The molecule has 0 bridgehead atoms. The van der Waals surface area contributed by atoms with Gasteiger partial charge in [-0.3, -0.25) is 0 Å². The number of hydrogen-bond acceptors (Lipinski definition) is 2. The Labute approximate surface area is 112 Å². The lowest BCUT2D eigenvalue weighted by Gasteiger charge is -2.22. The third-order valence-corrected chi connectivity index (χ3v) is 4.24. The van der Waals surface area contributed by atoms with Crippen molar-refractivity contribution in [3.05, 3.63) is 28.2 Å². The quantitative estimate of drug-likeness (QED) is 0.892. The van der Waals surface area contributed by atoms with E-state index >= 15 is 0 Å². The SMILES string of the molecule is CCc1cc(Br)ccc1NC1CCCC1CN. The van der Waals surface area contributed by atoms with Gasteiger partial charge in [0.15, 0.2) is 0 Å². The molecule has 17 heavy (non-hydrogen) atoms. The number of benzene rings is 1. The van der Waals surface area contributed by atoms with E-state index in [1.54, 1.807) is 0 Å². The molecule has 0 saturated heterocycles. The highest BCUT2D eigenvalue weighted by atomic mass is 79.9. The van der Waals surface area contributed by atoms with Gasteiger partial charge in [0, 0.05) is 16.2 Å². The Morgan fingerprint density at radius 2 is 2.24 bits per heavy atom. The van der Waals surface area contributed by atoms with E-state index < -0.39 is 0 Å². The monoisotopic (exact) mass is 296 g/mol. The fourth-order valence-electron chi connectivity index (χ4n) is 2.70. The third-order valence-electron chi connectivity index (χ3n) is 3.75. The Morgan fingerprint density at radius 1 is 1.41 bits per heavy atom. The molecule has 0 heterocycles.